The number of allylic oxidation sites excluding steroid dienone is 1. The van der Waals surface area contributed by atoms with Crippen molar-refractivity contribution in [2.75, 3.05) is 64.3 Å². The summed E-state index contributed by atoms with van der Waals surface area (Å²) in [7, 11) is 0. The first-order chi connectivity index (χ1) is 21.2. The number of piperidine rings is 1. The zero-order valence-corrected chi connectivity index (χ0v) is 26.0. The van der Waals surface area contributed by atoms with Crippen LogP contribution < -0.4 is 5.32 Å². The smallest absolute Gasteiger partial charge is 0.393 e. The van der Waals surface area contributed by atoms with E-state index in [0.29, 0.717) is 46.4 Å². The molecule has 5 unspecified atom stereocenters. The number of aliphatic hydroxyl groups is 1. The van der Waals surface area contributed by atoms with Gasteiger partial charge in [-0.25, -0.2) is 9.97 Å². The lowest BCUT2D eigenvalue weighted by atomic mass is 9.70. The van der Waals surface area contributed by atoms with E-state index in [1.54, 1.807) is 6.07 Å². The van der Waals surface area contributed by atoms with Gasteiger partial charge < -0.3 is 25.0 Å². The number of hydrogen-bond donors (Lipinski definition) is 2. The third kappa shape index (κ3) is 7.15. The summed E-state index contributed by atoms with van der Waals surface area (Å²) in [6.07, 6.45) is 2.46. The van der Waals surface area contributed by atoms with E-state index in [-0.39, 0.29) is 23.6 Å². The summed E-state index contributed by atoms with van der Waals surface area (Å²) in [5, 5.41) is 23.6. The van der Waals surface area contributed by atoms with Gasteiger partial charge in [-0.2, -0.15) is 18.4 Å². The van der Waals surface area contributed by atoms with Gasteiger partial charge >= 0.3 is 6.18 Å². The molecule has 0 aromatic carbocycles. The number of thiophene rings is 1. The van der Waals surface area contributed by atoms with Gasteiger partial charge in [-0.3, -0.25) is 4.90 Å². The monoisotopic (exact) mass is 633 g/mol. The molecule has 0 bridgehead atoms. The number of rotatable bonds is 9. The first kappa shape index (κ1) is 31.5. The van der Waals surface area contributed by atoms with E-state index in [9.17, 15) is 23.5 Å². The number of nitrogens with one attached hydrogen (secondary N) is 1. The number of ether oxygens (including phenoxy) is 1. The van der Waals surface area contributed by atoms with Gasteiger partial charge in [0.1, 0.15) is 28.7 Å². The van der Waals surface area contributed by atoms with Crippen molar-refractivity contribution in [3.8, 4) is 6.07 Å². The Balaban J connectivity index is 0.997. The number of anilines is 1. The molecule has 2 N–H and O–H groups in total. The molecule has 3 aliphatic heterocycles. The topological polar surface area (TPSA) is 101 Å². The van der Waals surface area contributed by atoms with Crippen LogP contribution in [-0.4, -0.2) is 113 Å². The highest BCUT2D eigenvalue weighted by molar-refractivity contribution is 7.18. The molecular weight excluding hydrogens is 591 g/mol. The molecule has 13 heteroatoms. The lowest BCUT2D eigenvalue weighted by Gasteiger charge is -2.44. The normalized spacial score (nSPS) is 29.0. The number of nitrogens with zero attached hydrogens (tertiary/aromatic N) is 6. The van der Waals surface area contributed by atoms with E-state index < -0.39 is 12.6 Å². The van der Waals surface area contributed by atoms with Crippen molar-refractivity contribution >= 4 is 27.4 Å². The van der Waals surface area contributed by atoms with Crippen LogP contribution in [-0.2, 0) is 11.2 Å². The number of morpholine rings is 1. The summed E-state index contributed by atoms with van der Waals surface area (Å²) >= 11 is 1.08. The summed E-state index contributed by atoms with van der Waals surface area (Å²) in [6, 6.07) is 4.64. The molecule has 1 saturated carbocycles. The van der Waals surface area contributed by atoms with Crippen LogP contribution in [0.15, 0.2) is 24.2 Å². The number of aliphatic hydroxyl groups excluding tert-OH is 1. The van der Waals surface area contributed by atoms with Gasteiger partial charge in [0.05, 0.1) is 31.1 Å². The fourth-order valence-corrected chi connectivity index (χ4v) is 8.69. The van der Waals surface area contributed by atoms with Crippen molar-refractivity contribution in [1.29, 1.82) is 5.26 Å². The molecule has 5 atom stereocenters. The minimum Gasteiger partial charge on any atom is -0.394 e. The van der Waals surface area contributed by atoms with Crippen LogP contribution in [0.1, 0.15) is 37.5 Å². The minimum absolute atomic E-state index is 0.0387. The van der Waals surface area contributed by atoms with Crippen molar-refractivity contribution in [1.82, 2.24) is 24.7 Å². The first-order valence-electron chi connectivity index (χ1n) is 15.8. The Kier molecular flexibility index (Phi) is 9.64. The van der Waals surface area contributed by atoms with Crippen LogP contribution >= 0.6 is 11.3 Å². The Morgan fingerprint density at radius 2 is 1.95 bits per heavy atom. The van der Waals surface area contributed by atoms with E-state index in [0.717, 1.165) is 88.5 Å². The van der Waals surface area contributed by atoms with Crippen LogP contribution in [0.2, 0.25) is 0 Å². The van der Waals surface area contributed by atoms with E-state index in [4.69, 9.17) is 4.74 Å². The summed E-state index contributed by atoms with van der Waals surface area (Å²) in [5.74, 6) is 2.06. The summed E-state index contributed by atoms with van der Waals surface area (Å²) in [4.78, 5) is 16.6. The molecule has 2 aromatic heterocycles. The number of alkyl halides is 3. The van der Waals surface area contributed by atoms with Gasteiger partial charge in [-0.1, -0.05) is 6.92 Å². The number of aromatic nitrogens is 2. The van der Waals surface area contributed by atoms with E-state index in [1.165, 1.54) is 6.33 Å². The van der Waals surface area contributed by atoms with Crippen LogP contribution in [0.25, 0.3) is 10.2 Å². The fraction of sp³-hybridized carbons (Fsp3) is 0.710. The molecule has 44 heavy (non-hydrogen) atoms. The second-order valence-corrected chi connectivity index (χ2v) is 14.0. The first-order valence-corrected chi connectivity index (χ1v) is 16.6. The highest BCUT2D eigenvalue weighted by Gasteiger charge is 2.44. The van der Waals surface area contributed by atoms with Crippen LogP contribution in [0.5, 0.6) is 0 Å². The third-order valence-electron chi connectivity index (χ3n) is 10.1. The molecule has 1 aliphatic carbocycles. The lowest BCUT2D eigenvalue weighted by Crippen LogP contribution is -2.49. The van der Waals surface area contributed by atoms with Crippen LogP contribution in [0.4, 0.5) is 19.0 Å². The molecule has 5 heterocycles. The Hall–Kier alpha value is -2.50. The average molecular weight is 634 g/mol. The fourth-order valence-electron chi connectivity index (χ4n) is 7.67. The minimum atomic E-state index is -4.24. The highest BCUT2D eigenvalue weighted by Crippen LogP contribution is 2.44. The van der Waals surface area contributed by atoms with Gasteiger partial charge in [0.15, 0.2) is 0 Å². The molecule has 2 saturated heterocycles. The van der Waals surface area contributed by atoms with Crippen molar-refractivity contribution in [2.45, 2.75) is 63.4 Å². The predicted octanol–water partition coefficient (Wildman–Crippen LogP) is 4.12. The SMILES string of the molecule is CC1C(CN2CCC(Nc3ncnc4sc(CC(F)(F)F)cc34)CC2)CCC2C1C=C(C#N)N2CCN1CCOC(CO)C1. The Labute approximate surface area is 260 Å². The van der Waals surface area contributed by atoms with Gasteiger partial charge in [0.25, 0.3) is 0 Å². The molecule has 0 spiro atoms. The van der Waals surface area contributed by atoms with Crippen molar-refractivity contribution in [3.05, 3.63) is 29.0 Å². The molecule has 2 aromatic rings. The van der Waals surface area contributed by atoms with Crippen LogP contribution in [0.3, 0.4) is 0 Å². The molecule has 0 amide bonds. The Bertz CT molecular complexity index is 1360. The molecule has 4 aliphatic rings. The molecule has 9 nitrogen and oxygen atoms in total. The maximum Gasteiger partial charge on any atom is 0.393 e. The van der Waals surface area contributed by atoms with Gasteiger partial charge in [-0.05, 0) is 49.7 Å². The predicted molar refractivity (Wildman–Crippen MR) is 163 cm³/mol. The van der Waals surface area contributed by atoms with Crippen molar-refractivity contribution in [2.24, 2.45) is 17.8 Å². The van der Waals surface area contributed by atoms with E-state index >= 15 is 0 Å². The largest absolute Gasteiger partial charge is 0.394 e. The summed E-state index contributed by atoms with van der Waals surface area (Å²) < 4.78 is 44.4. The number of halogens is 3. The number of hydrogen-bond acceptors (Lipinski definition) is 10. The van der Waals surface area contributed by atoms with Gasteiger partial charge in [-0.15, -0.1) is 11.3 Å². The zero-order valence-electron chi connectivity index (χ0n) is 25.2. The van der Waals surface area contributed by atoms with Gasteiger partial charge in [0.2, 0.25) is 0 Å². The van der Waals surface area contributed by atoms with Crippen LogP contribution in [0, 0.1) is 29.1 Å². The molecule has 3 fully saturated rings. The Morgan fingerprint density at radius 3 is 2.70 bits per heavy atom. The van der Waals surface area contributed by atoms with Gasteiger partial charge in [0, 0.05) is 68.7 Å². The molecule has 0 radical (unpaired) electrons. The second-order valence-electron chi connectivity index (χ2n) is 12.8. The number of fused-ring (bicyclic) bond motifs is 2. The summed E-state index contributed by atoms with van der Waals surface area (Å²) in [6.45, 7) is 9.28. The maximum absolute atomic E-state index is 12.9. The van der Waals surface area contributed by atoms with E-state index in [1.807, 2.05) is 0 Å². The molecular formula is C31H42F3N7O2S. The number of likely N-dealkylation sites (tertiary alicyclic amines) is 1. The number of nitriles is 1. The average Bonchev–Trinajstić information content (AvgIpc) is 3.59. The summed E-state index contributed by atoms with van der Waals surface area (Å²) in [5.41, 5.74) is 0.807. The Morgan fingerprint density at radius 1 is 1.14 bits per heavy atom. The van der Waals surface area contributed by atoms with Crippen molar-refractivity contribution < 1.29 is 23.0 Å². The van der Waals surface area contributed by atoms with Crippen molar-refractivity contribution in [3.63, 3.8) is 0 Å². The second kappa shape index (κ2) is 13.5. The highest BCUT2D eigenvalue weighted by atomic mass is 32.1. The molecule has 240 valence electrons. The van der Waals surface area contributed by atoms with E-state index in [2.05, 4.69) is 49.1 Å². The molecule has 6 rings (SSSR count). The maximum atomic E-state index is 12.9. The quantitative estimate of drug-likeness (QED) is 0.423. The lowest BCUT2D eigenvalue weighted by molar-refractivity contribution is -0.126. The standard InChI is InChI=1S/C31H42F3N7O2S/c1-20-21(2-3-28-26(20)12-23(15-35)41(28)9-8-40-10-11-43-24(17-40)18-42)16-39-6-4-22(5-7-39)38-29-27-13-25(14-31(32,33)34)44-30(27)37-19-36-29/h12-13,19-22,24,26,28,42H,2-11,14,16-18H2,1H3,(H,36,37,38). The zero-order chi connectivity index (χ0) is 30.8. The third-order valence-corrected chi connectivity index (χ3v) is 11.1.